The minimum atomic E-state index is 0.171. The Labute approximate surface area is 189 Å². The van der Waals surface area contributed by atoms with Crippen molar-refractivity contribution in [1.29, 1.82) is 0 Å². The van der Waals surface area contributed by atoms with Gasteiger partial charge in [0.05, 0.1) is 6.67 Å². The third-order valence-corrected chi connectivity index (χ3v) is 7.35. The van der Waals surface area contributed by atoms with Gasteiger partial charge in [-0.25, -0.2) is 4.68 Å². The van der Waals surface area contributed by atoms with Crippen LogP contribution >= 0.6 is 12.2 Å². The third-order valence-electron chi connectivity index (χ3n) is 6.94. The highest BCUT2D eigenvalue weighted by Crippen LogP contribution is 2.38. The van der Waals surface area contributed by atoms with Crippen LogP contribution < -0.4 is 0 Å². The Morgan fingerprint density at radius 1 is 1.16 bits per heavy atom. The molecular weight excluding hydrogens is 408 g/mol. The molecule has 1 amide bonds. The Hall–Kier alpha value is -2.06. The van der Waals surface area contributed by atoms with E-state index in [0.29, 0.717) is 24.5 Å². The molecule has 2 aromatic rings. The van der Waals surface area contributed by atoms with Crippen molar-refractivity contribution in [3.05, 3.63) is 29.3 Å². The Morgan fingerprint density at radius 2 is 1.97 bits per heavy atom. The Morgan fingerprint density at radius 3 is 2.65 bits per heavy atom. The number of aromatic nitrogens is 4. The second-order valence-corrected chi connectivity index (χ2v) is 9.88. The van der Waals surface area contributed by atoms with Gasteiger partial charge in [0.2, 0.25) is 5.91 Å². The summed E-state index contributed by atoms with van der Waals surface area (Å²) in [6, 6.07) is 4.46. The fourth-order valence-electron chi connectivity index (χ4n) is 5.02. The topological polar surface area (TPSA) is 59.2 Å². The summed E-state index contributed by atoms with van der Waals surface area (Å²) < 4.78 is 4.96. The van der Waals surface area contributed by atoms with Crippen molar-refractivity contribution in [3.8, 4) is 11.4 Å². The van der Waals surface area contributed by atoms with E-state index in [9.17, 15) is 4.79 Å². The lowest BCUT2D eigenvalue weighted by molar-refractivity contribution is -0.139. The van der Waals surface area contributed by atoms with Crippen LogP contribution in [0.3, 0.4) is 0 Å². The first-order chi connectivity index (χ1) is 15.1. The Bertz CT molecular complexity index is 974. The highest BCUT2D eigenvalue weighted by molar-refractivity contribution is 7.71. The first-order valence-electron chi connectivity index (χ1n) is 11.7. The Kier molecular flexibility index (Phi) is 5.93. The van der Waals surface area contributed by atoms with Crippen LogP contribution in [0.25, 0.3) is 11.4 Å². The van der Waals surface area contributed by atoms with Crippen LogP contribution in [0.1, 0.15) is 51.5 Å². The van der Waals surface area contributed by atoms with Crippen LogP contribution in [0.2, 0.25) is 0 Å². The van der Waals surface area contributed by atoms with E-state index in [1.54, 1.807) is 6.20 Å². The normalized spacial score (nSPS) is 23.3. The molecule has 8 heteroatoms. The number of hydrogen-bond donors (Lipinski definition) is 0. The zero-order chi connectivity index (χ0) is 21.4. The van der Waals surface area contributed by atoms with Crippen LogP contribution in [0.5, 0.6) is 0 Å². The molecule has 1 aliphatic carbocycles. The summed E-state index contributed by atoms with van der Waals surface area (Å²) in [4.78, 5) is 21.7. The molecule has 0 unspecified atom stereocenters. The minimum Gasteiger partial charge on any atom is -0.342 e. The van der Waals surface area contributed by atoms with Crippen LogP contribution in [0.15, 0.2) is 24.5 Å². The van der Waals surface area contributed by atoms with E-state index in [1.807, 2.05) is 23.0 Å². The fourth-order valence-corrected chi connectivity index (χ4v) is 5.36. The molecule has 2 aromatic heterocycles. The number of amides is 1. The molecular formula is C23H32N6OS. The number of hydrogen-bond acceptors (Lipinski definition) is 5. The van der Waals surface area contributed by atoms with Crippen molar-refractivity contribution < 1.29 is 4.79 Å². The van der Waals surface area contributed by atoms with Gasteiger partial charge < -0.3 is 4.90 Å². The number of nitrogens with zero attached hydrogens (tertiary/aromatic N) is 6. The maximum Gasteiger partial charge on any atom is 0.225 e. The summed E-state index contributed by atoms with van der Waals surface area (Å²) in [5.41, 5.74) is 1.01. The van der Waals surface area contributed by atoms with Crippen LogP contribution in [-0.4, -0.2) is 61.2 Å². The van der Waals surface area contributed by atoms with Gasteiger partial charge in [-0.3, -0.25) is 19.2 Å². The number of likely N-dealkylation sites (tertiary alicyclic amines) is 2. The van der Waals surface area contributed by atoms with E-state index in [2.05, 4.69) is 26.3 Å². The van der Waals surface area contributed by atoms with Crippen molar-refractivity contribution in [1.82, 2.24) is 29.1 Å². The van der Waals surface area contributed by atoms with E-state index in [-0.39, 0.29) is 5.92 Å². The Balaban J connectivity index is 1.25. The molecule has 2 saturated heterocycles. The predicted octanol–water partition coefficient (Wildman–Crippen LogP) is 3.74. The van der Waals surface area contributed by atoms with E-state index in [0.717, 1.165) is 74.4 Å². The molecule has 2 aliphatic heterocycles. The summed E-state index contributed by atoms with van der Waals surface area (Å²) in [5.74, 6) is 2.10. The van der Waals surface area contributed by atoms with Crippen molar-refractivity contribution in [3.63, 3.8) is 0 Å². The number of rotatable bonds is 5. The first kappa shape index (κ1) is 20.8. The minimum absolute atomic E-state index is 0.171. The number of carbonyl (C=O) groups is 1. The van der Waals surface area contributed by atoms with Crippen LogP contribution in [0, 0.1) is 16.6 Å². The SMILES string of the molecule is C[C@H]1CCCN(C(=O)C2CCN(Cn3nc(-c4cccnc4)n(C4CC4)c3=S)CC2)C1. The monoisotopic (exact) mass is 440 g/mol. The molecule has 3 aliphatic rings. The summed E-state index contributed by atoms with van der Waals surface area (Å²) in [7, 11) is 0. The largest absolute Gasteiger partial charge is 0.342 e. The molecule has 0 bridgehead atoms. The van der Waals surface area contributed by atoms with Gasteiger partial charge in [0.1, 0.15) is 0 Å². The molecule has 31 heavy (non-hydrogen) atoms. The quantitative estimate of drug-likeness (QED) is 0.663. The lowest BCUT2D eigenvalue weighted by Gasteiger charge is -2.37. The first-order valence-corrected chi connectivity index (χ1v) is 12.1. The maximum absolute atomic E-state index is 13.0. The molecule has 166 valence electrons. The van der Waals surface area contributed by atoms with Gasteiger partial charge in [0, 0.05) is 56.1 Å². The van der Waals surface area contributed by atoms with Gasteiger partial charge in [-0.05, 0) is 68.8 Å². The highest BCUT2D eigenvalue weighted by atomic mass is 32.1. The summed E-state index contributed by atoms with van der Waals surface area (Å²) in [6.07, 6.45) is 10.2. The predicted molar refractivity (Wildman–Crippen MR) is 122 cm³/mol. The third kappa shape index (κ3) is 4.46. The lowest BCUT2D eigenvalue weighted by atomic mass is 9.93. The van der Waals surface area contributed by atoms with Gasteiger partial charge in [-0.2, -0.15) is 5.10 Å². The van der Waals surface area contributed by atoms with Crippen molar-refractivity contribution in [2.45, 2.75) is 58.2 Å². The molecule has 4 heterocycles. The van der Waals surface area contributed by atoms with Crippen LogP contribution in [0.4, 0.5) is 0 Å². The highest BCUT2D eigenvalue weighted by Gasteiger charge is 2.32. The van der Waals surface area contributed by atoms with Gasteiger partial charge in [0.25, 0.3) is 0 Å². The second-order valence-electron chi connectivity index (χ2n) is 9.51. The molecule has 3 fully saturated rings. The number of carbonyl (C=O) groups excluding carboxylic acids is 1. The molecule has 0 spiro atoms. The summed E-state index contributed by atoms with van der Waals surface area (Å²) in [5, 5.41) is 4.89. The van der Waals surface area contributed by atoms with Crippen molar-refractivity contribution in [2.24, 2.45) is 11.8 Å². The molecule has 1 saturated carbocycles. The van der Waals surface area contributed by atoms with Crippen molar-refractivity contribution >= 4 is 18.1 Å². The van der Waals surface area contributed by atoms with E-state index < -0.39 is 0 Å². The van der Waals surface area contributed by atoms with E-state index in [4.69, 9.17) is 17.3 Å². The molecule has 1 atom stereocenters. The van der Waals surface area contributed by atoms with E-state index >= 15 is 0 Å². The zero-order valence-electron chi connectivity index (χ0n) is 18.3. The smallest absolute Gasteiger partial charge is 0.225 e. The van der Waals surface area contributed by atoms with E-state index in [1.165, 1.54) is 6.42 Å². The fraction of sp³-hybridized carbons (Fsp3) is 0.652. The average molecular weight is 441 g/mol. The van der Waals surface area contributed by atoms with Crippen LogP contribution in [-0.2, 0) is 11.5 Å². The van der Waals surface area contributed by atoms with Gasteiger partial charge in [-0.1, -0.05) is 6.92 Å². The van der Waals surface area contributed by atoms with Gasteiger partial charge in [0.15, 0.2) is 10.6 Å². The van der Waals surface area contributed by atoms with Gasteiger partial charge >= 0.3 is 0 Å². The van der Waals surface area contributed by atoms with Gasteiger partial charge in [-0.15, -0.1) is 0 Å². The number of piperidine rings is 2. The molecule has 0 N–H and O–H groups in total. The molecule has 5 rings (SSSR count). The maximum atomic E-state index is 13.0. The second kappa shape index (κ2) is 8.82. The molecule has 7 nitrogen and oxygen atoms in total. The van der Waals surface area contributed by atoms with Crippen molar-refractivity contribution in [2.75, 3.05) is 26.2 Å². The zero-order valence-corrected chi connectivity index (χ0v) is 19.1. The summed E-state index contributed by atoms with van der Waals surface area (Å²) >= 11 is 5.81. The average Bonchev–Trinajstić information content (AvgIpc) is 3.58. The number of pyridine rings is 1. The molecule has 0 radical (unpaired) electrons. The molecule has 0 aromatic carbocycles. The summed E-state index contributed by atoms with van der Waals surface area (Å²) in [6.45, 7) is 6.65. The standard InChI is InChI=1S/C23H32N6OS/c1-17-4-3-11-27(15-17)22(30)18-8-12-26(13-9-18)16-28-23(31)29(20-6-7-20)21(25-28)19-5-2-10-24-14-19/h2,5,10,14,17-18,20H,3-4,6-9,11-13,15-16H2,1H3/t17-/m0/s1. The lowest BCUT2D eigenvalue weighted by Crippen LogP contribution is -2.46.